The molecule has 1 amide bonds. The third-order valence-electron chi connectivity index (χ3n) is 3.25. The van der Waals surface area contributed by atoms with Crippen molar-refractivity contribution in [3.63, 3.8) is 0 Å². The van der Waals surface area contributed by atoms with Gasteiger partial charge < -0.3 is 9.47 Å². The minimum Gasteiger partial charge on any atom is -0.492 e. The highest BCUT2D eigenvalue weighted by Crippen LogP contribution is 2.12. The zero-order valence-electron chi connectivity index (χ0n) is 14.1. The number of hydroxylamine groups is 2. The van der Waals surface area contributed by atoms with Crippen LogP contribution in [-0.4, -0.2) is 30.9 Å². The predicted molar refractivity (Wildman–Crippen MR) is 91.6 cm³/mol. The summed E-state index contributed by atoms with van der Waals surface area (Å²) < 4.78 is 10.7. The van der Waals surface area contributed by atoms with Crippen molar-refractivity contribution in [2.24, 2.45) is 0 Å². The fourth-order valence-corrected chi connectivity index (χ4v) is 2.08. The van der Waals surface area contributed by atoms with Gasteiger partial charge in [-0.25, -0.2) is 4.79 Å². The van der Waals surface area contributed by atoms with Crippen LogP contribution in [0, 0.1) is 6.92 Å². The maximum Gasteiger partial charge on any atom is 0.434 e. The summed E-state index contributed by atoms with van der Waals surface area (Å²) in [7, 11) is 0. The van der Waals surface area contributed by atoms with Gasteiger partial charge in [-0.2, -0.15) is 5.06 Å². The van der Waals surface area contributed by atoms with Crippen LogP contribution in [0.2, 0.25) is 0 Å². The van der Waals surface area contributed by atoms with Crippen LogP contribution in [0.25, 0.3) is 0 Å². The molecular weight excluding hydrogens is 306 g/mol. The Labute approximate surface area is 142 Å². The lowest BCUT2D eigenvalue weighted by Crippen LogP contribution is -2.35. The number of ether oxygens (including phenoxy) is 2. The number of rotatable bonds is 8. The van der Waals surface area contributed by atoms with Crippen molar-refractivity contribution < 1.29 is 19.1 Å². The molecule has 2 aromatic rings. The smallest absolute Gasteiger partial charge is 0.434 e. The first-order chi connectivity index (χ1) is 11.7. The van der Waals surface area contributed by atoms with Crippen LogP contribution in [0.15, 0.2) is 54.6 Å². The van der Waals surface area contributed by atoms with Gasteiger partial charge in [-0.15, -0.1) is 0 Å². The second-order valence-electron chi connectivity index (χ2n) is 5.23. The minimum atomic E-state index is -0.513. The van der Waals surface area contributed by atoms with Crippen LogP contribution >= 0.6 is 0 Å². The Morgan fingerprint density at radius 1 is 1.08 bits per heavy atom. The molecule has 0 heterocycles. The summed E-state index contributed by atoms with van der Waals surface area (Å²) in [6.07, 6.45) is -0.513. The molecule has 0 radical (unpaired) electrons. The highest BCUT2D eigenvalue weighted by Gasteiger charge is 2.16. The number of nitrogens with zero attached hydrogens (tertiary/aromatic N) is 1. The van der Waals surface area contributed by atoms with E-state index in [0.717, 1.165) is 16.9 Å². The summed E-state index contributed by atoms with van der Waals surface area (Å²) in [6, 6.07) is 17.4. The van der Waals surface area contributed by atoms with E-state index >= 15 is 0 Å². The number of aryl methyl sites for hydroxylation is 1. The number of carbonyl (C=O) groups excluding carboxylic acids is 1. The fraction of sp³-hybridized carbons (Fsp3) is 0.316. The molecule has 0 N–H and O–H groups in total. The van der Waals surface area contributed by atoms with Gasteiger partial charge in [0.05, 0.1) is 13.2 Å². The Morgan fingerprint density at radius 2 is 1.88 bits per heavy atom. The molecule has 0 aliphatic rings. The van der Waals surface area contributed by atoms with Crippen molar-refractivity contribution in [2.75, 3.05) is 19.8 Å². The summed E-state index contributed by atoms with van der Waals surface area (Å²) in [5.74, 6) is 0.766. The Morgan fingerprint density at radius 3 is 2.58 bits per heavy atom. The molecule has 0 unspecified atom stereocenters. The molecule has 0 saturated carbocycles. The molecule has 0 aliphatic carbocycles. The van der Waals surface area contributed by atoms with E-state index in [1.807, 2.05) is 61.5 Å². The van der Waals surface area contributed by atoms with Crippen molar-refractivity contribution in [1.29, 1.82) is 0 Å². The number of hydrogen-bond acceptors (Lipinski definition) is 4. The minimum absolute atomic E-state index is 0.277. The summed E-state index contributed by atoms with van der Waals surface area (Å²) in [4.78, 5) is 17.6. The van der Waals surface area contributed by atoms with Gasteiger partial charge in [0, 0.05) is 0 Å². The molecule has 0 saturated heterocycles. The maximum atomic E-state index is 12.0. The van der Waals surface area contributed by atoms with E-state index in [9.17, 15) is 4.79 Å². The van der Waals surface area contributed by atoms with Gasteiger partial charge in [-0.05, 0) is 37.1 Å². The molecule has 0 aliphatic heterocycles. The van der Waals surface area contributed by atoms with Crippen LogP contribution in [0.3, 0.4) is 0 Å². The third kappa shape index (κ3) is 5.93. The van der Waals surface area contributed by atoms with E-state index in [4.69, 9.17) is 14.3 Å². The molecule has 0 aromatic heterocycles. The Hall–Kier alpha value is -2.53. The van der Waals surface area contributed by atoms with Crippen LogP contribution in [0.4, 0.5) is 4.79 Å². The van der Waals surface area contributed by atoms with E-state index in [-0.39, 0.29) is 6.54 Å². The van der Waals surface area contributed by atoms with Crippen LogP contribution in [0.5, 0.6) is 5.75 Å². The molecule has 2 aromatic carbocycles. The Kier molecular flexibility index (Phi) is 7.11. The van der Waals surface area contributed by atoms with E-state index in [0.29, 0.717) is 19.8 Å². The zero-order valence-corrected chi connectivity index (χ0v) is 14.1. The first-order valence-electron chi connectivity index (χ1n) is 7.99. The monoisotopic (exact) mass is 329 g/mol. The molecule has 2 rings (SSSR count). The van der Waals surface area contributed by atoms with Gasteiger partial charge in [-0.1, -0.05) is 42.5 Å². The topological polar surface area (TPSA) is 48.0 Å². The quantitative estimate of drug-likeness (QED) is 0.688. The van der Waals surface area contributed by atoms with Crippen molar-refractivity contribution >= 4 is 6.09 Å². The van der Waals surface area contributed by atoms with Gasteiger partial charge in [0.1, 0.15) is 19.0 Å². The maximum absolute atomic E-state index is 12.0. The average Bonchev–Trinajstić information content (AvgIpc) is 2.59. The van der Waals surface area contributed by atoms with Gasteiger partial charge in [0.15, 0.2) is 0 Å². The van der Waals surface area contributed by atoms with E-state index < -0.39 is 6.09 Å². The molecule has 0 atom stereocenters. The molecule has 24 heavy (non-hydrogen) atoms. The van der Waals surface area contributed by atoms with Crippen LogP contribution in [-0.2, 0) is 16.2 Å². The zero-order chi connectivity index (χ0) is 17.2. The third-order valence-corrected chi connectivity index (χ3v) is 3.25. The number of hydrogen-bond donors (Lipinski definition) is 0. The molecule has 0 fully saturated rings. The van der Waals surface area contributed by atoms with Crippen molar-refractivity contribution in [3.05, 3.63) is 65.7 Å². The second kappa shape index (κ2) is 9.57. The Balaban J connectivity index is 1.87. The molecule has 0 spiro atoms. The van der Waals surface area contributed by atoms with Crippen molar-refractivity contribution in [3.8, 4) is 5.75 Å². The Bertz CT molecular complexity index is 630. The lowest BCUT2D eigenvalue weighted by Gasteiger charge is -2.21. The number of benzene rings is 2. The predicted octanol–water partition coefficient (Wildman–Crippen LogP) is 3.96. The van der Waals surface area contributed by atoms with Gasteiger partial charge in [0.25, 0.3) is 0 Å². The van der Waals surface area contributed by atoms with E-state index in [1.165, 1.54) is 5.06 Å². The lowest BCUT2D eigenvalue weighted by molar-refractivity contribution is -0.149. The van der Waals surface area contributed by atoms with Crippen molar-refractivity contribution in [2.45, 2.75) is 20.5 Å². The molecule has 0 bridgehead atoms. The van der Waals surface area contributed by atoms with Crippen LogP contribution in [0.1, 0.15) is 18.1 Å². The molecular formula is C19H23NO4. The summed E-state index contributed by atoms with van der Waals surface area (Å²) in [5, 5.41) is 1.20. The fourth-order valence-electron chi connectivity index (χ4n) is 2.08. The molecule has 5 heteroatoms. The average molecular weight is 329 g/mol. The van der Waals surface area contributed by atoms with E-state index in [2.05, 4.69) is 0 Å². The molecule has 128 valence electrons. The SMILES string of the molecule is CCOC(=O)N(CCOc1cccc(C)c1)OCc1ccccc1. The highest BCUT2D eigenvalue weighted by molar-refractivity contribution is 5.66. The number of carbonyl (C=O) groups is 1. The van der Waals surface area contributed by atoms with Gasteiger partial charge in [0.2, 0.25) is 0 Å². The van der Waals surface area contributed by atoms with Crippen LogP contribution < -0.4 is 4.74 Å². The number of amides is 1. The summed E-state index contributed by atoms with van der Waals surface area (Å²) >= 11 is 0. The van der Waals surface area contributed by atoms with E-state index in [1.54, 1.807) is 6.92 Å². The first-order valence-corrected chi connectivity index (χ1v) is 7.99. The van der Waals surface area contributed by atoms with Gasteiger partial charge in [-0.3, -0.25) is 4.84 Å². The molecule has 5 nitrogen and oxygen atoms in total. The second-order valence-corrected chi connectivity index (χ2v) is 5.23. The van der Waals surface area contributed by atoms with Gasteiger partial charge >= 0.3 is 6.09 Å². The first kappa shape index (κ1) is 17.8. The lowest BCUT2D eigenvalue weighted by atomic mass is 10.2. The normalized spacial score (nSPS) is 10.2. The summed E-state index contributed by atoms with van der Waals surface area (Å²) in [6.45, 7) is 4.95. The van der Waals surface area contributed by atoms with Crippen molar-refractivity contribution in [1.82, 2.24) is 5.06 Å². The largest absolute Gasteiger partial charge is 0.492 e. The highest BCUT2D eigenvalue weighted by atomic mass is 16.7. The summed E-state index contributed by atoms with van der Waals surface area (Å²) in [5.41, 5.74) is 2.10. The standard InChI is InChI=1S/C19H23NO4/c1-3-22-19(21)20(24-15-17-9-5-4-6-10-17)12-13-23-18-11-7-8-16(2)14-18/h4-11,14H,3,12-13,15H2,1-2H3.